The van der Waals surface area contributed by atoms with E-state index in [-0.39, 0.29) is 11.8 Å². The molecule has 3 aromatic rings. The second-order valence-corrected chi connectivity index (χ2v) is 8.57. The number of para-hydroxylation sites is 1. The van der Waals surface area contributed by atoms with E-state index in [1.807, 2.05) is 66.1 Å². The number of carbonyl (C=O) groups excluding carboxylic acids is 2. The molecular weight excluding hydrogens is 412 g/mol. The van der Waals surface area contributed by atoms with Gasteiger partial charge in [0, 0.05) is 50.2 Å². The number of aryl methyl sites for hydroxylation is 1. The first kappa shape index (κ1) is 22.9. The number of likely N-dealkylation sites (N-methyl/N-ethyl adjacent to an activating group) is 1. The van der Waals surface area contributed by atoms with E-state index >= 15 is 0 Å². The molecule has 0 unspecified atom stereocenters. The Morgan fingerprint density at radius 1 is 0.939 bits per heavy atom. The molecule has 2 aromatic carbocycles. The third-order valence-corrected chi connectivity index (χ3v) is 6.43. The second kappa shape index (κ2) is 10.1. The summed E-state index contributed by atoms with van der Waals surface area (Å²) in [6.07, 6.45) is 0. The molecule has 1 fully saturated rings. The average molecular weight is 445 g/mol. The van der Waals surface area contributed by atoms with Gasteiger partial charge in [-0.05, 0) is 32.9 Å². The second-order valence-electron chi connectivity index (χ2n) is 8.57. The fourth-order valence-electron chi connectivity index (χ4n) is 4.37. The Bertz CT molecular complexity index is 1130. The summed E-state index contributed by atoms with van der Waals surface area (Å²) in [4.78, 5) is 36.8. The summed E-state index contributed by atoms with van der Waals surface area (Å²) in [5.41, 5.74) is 4.50. The molecule has 2 amide bonds. The molecule has 0 radical (unpaired) electrons. The van der Waals surface area contributed by atoms with Gasteiger partial charge in [-0.25, -0.2) is 4.98 Å². The van der Waals surface area contributed by atoms with Gasteiger partial charge in [0.05, 0.1) is 23.3 Å². The Morgan fingerprint density at radius 3 is 2.27 bits per heavy atom. The van der Waals surface area contributed by atoms with Gasteiger partial charge in [-0.15, -0.1) is 0 Å². The van der Waals surface area contributed by atoms with Crippen molar-refractivity contribution in [2.45, 2.75) is 20.8 Å². The summed E-state index contributed by atoms with van der Waals surface area (Å²) in [5, 5.41) is 0.873. The first-order valence-corrected chi connectivity index (χ1v) is 11.8. The number of pyridine rings is 1. The summed E-state index contributed by atoms with van der Waals surface area (Å²) >= 11 is 0. The lowest BCUT2D eigenvalue weighted by molar-refractivity contribution is -0.132. The monoisotopic (exact) mass is 444 g/mol. The van der Waals surface area contributed by atoms with Crippen molar-refractivity contribution in [2.24, 2.45) is 0 Å². The molecular formula is C27H32N4O2. The van der Waals surface area contributed by atoms with Gasteiger partial charge in [0.1, 0.15) is 0 Å². The Morgan fingerprint density at radius 2 is 1.61 bits per heavy atom. The van der Waals surface area contributed by atoms with Crippen molar-refractivity contribution >= 4 is 22.7 Å². The number of hydrogen-bond donors (Lipinski definition) is 0. The zero-order chi connectivity index (χ0) is 23.4. The molecule has 1 aliphatic rings. The Labute approximate surface area is 195 Å². The largest absolute Gasteiger partial charge is 0.342 e. The number of carbonyl (C=O) groups is 2. The van der Waals surface area contributed by atoms with Crippen molar-refractivity contribution in [3.8, 4) is 11.3 Å². The molecule has 172 valence electrons. The fourth-order valence-corrected chi connectivity index (χ4v) is 4.37. The van der Waals surface area contributed by atoms with E-state index < -0.39 is 0 Å². The Balaban J connectivity index is 1.54. The molecule has 4 rings (SSSR count). The maximum absolute atomic E-state index is 13.6. The van der Waals surface area contributed by atoms with Gasteiger partial charge < -0.3 is 9.80 Å². The lowest BCUT2D eigenvalue weighted by Gasteiger charge is -2.35. The van der Waals surface area contributed by atoms with E-state index in [9.17, 15) is 9.59 Å². The van der Waals surface area contributed by atoms with Gasteiger partial charge in [0.15, 0.2) is 0 Å². The lowest BCUT2D eigenvalue weighted by atomic mass is 10.0. The van der Waals surface area contributed by atoms with Crippen molar-refractivity contribution in [3.05, 3.63) is 65.7 Å². The topological polar surface area (TPSA) is 56.8 Å². The highest BCUT2D eigenvalue weighted by Gasteiger charge is 2.26. The molecule has 0 saturated carbocycles. The van der Waals surface area contributed by atoms with Crippen LogP contribution in [0.15, 0.2) is 54.6 Å². The standard InChI is InChI=1S/C27H32N4O2/c1-4-30(5-2)26(32)19-29-14-16-31(17-15-29)27(33)23-18-25(21-12-10-20(3)11-13-21)28-24-9-7-6-8-22(23)24/h6-13,18H,4-5,14-17,19H2,1-3H3. The van der Waals surface area contributed by atoms with Crippen LogP contribution in [0.4, 0.5) is 0 Å². The molecule has 1 aliphatic heterocycles. The number of piperazine rings is 1. The minimum atomic E-state index is 0.0247. The maximum Gasteiger partial charge on any atom is 0.254 e. The minimum Gasteiger partial charge on any atom is -0.342 e. The third-order valence-electron chi connectivity index (χ3n) is 6.43. The molecule has 0 bridgehead atoms. The SMILES string of the molecule is CCN(CC)C(=O)CN1CCN(C(=O)c2cc(-c3ccc(C)cc3)nc3ccccc23)CC1. The van der Waals surface area contributed by atoms with Crippen LogP contribution in [0.5, 0.6) is 0 Å². The van der Waals surface area contributed by atoms with Crippen molar-refractivity contribution < 1.29 is 9.59 Å². The fraction of sp³-hybridized carbons (Fsp3) is 0.370. The number of nitrogens with zero attached hydrogens (tertiary/aromatic N) is 4. The summed E-state index contributed by atoms with van der Waals surface area (Å²) in [7, 11) is 0. The van der Waals surface area contributed by atoms with Crippen LogP contribution in [0.3, 0.4) is 0 Å². The van der Waals surface area contributed by atoms with Gasteiger partial charge in [-0.3, -0.25) is 14.5 Å². The highest BCUT2D eigenvalue weighted by Crippen LogP contribution is 2.26. The van der Waals surface area contributed by atoms with Crippen LogP contribution >= 0.6 is 0 Å². The van der Waals surface area contributed by atoms with Crippen molar-refractivity contribution in [1.29, 1.82) is 0 Å². The maximum atomic E-state index is 13.6. The van der Waals surface area contributed by atoms with E-state index in [0.29, 0.717) is 38.3 Å². The first-order chi connectivity index (χ1) is 16.0. The molecule has 0 atom stereocenters. The van der Waals surface area contributed by atoms with Gasteiger partial charge in [-0.1, -0.05) is 48.0 Å². The van der Waals surface area contributed by atoms with E-state index in [1.54, 1.807) is 0 Å². The summed E-state index contributed by atoms with van der Waals surface area (Å²) in [5.74, 6) is 0.180. The van der Waals surface area contributed by atoms with E-state index in [1.165, 1.54) is 5.56 Å². The van der Waals surface area contributed by atoms with E-state index in [0.717, 1.165) is 35.2 Å². The first-order valence-electron chi connectivity index (χ1n) is 11.8. The van der Waals surface area contributed by atoms with Crippen LogP contribution < -0.4 is 0 Å². The van der Waals surface area contributed by atoms with Crippen LogP contribution in [0.1, 0.15) is 29.8 Å². The molecule has 0 spiro atoms. The predicted molar refractivity (Wildman–Crippen MR) is 132 cm³/mol. The van der Waals surface area contributed by atoms with Crippen molar-refractivity contribution in [3.63, 3.8) is 0 Å². The molecule has 1 aromatic heterocycles. The van der Waals surface area contributed by atoms with Crippen LogP contribution in [-0.4, -0.2) is 77.3 Å². The van der Waals surface area contributed by atoms with Crippen molar-refractivity contribution in [1.82, 2.24) is 19.7 Å². The zero-order valence-electron chi connectivity index (χ0n) is 19.8. The van der Waals surface area contributed by atoms with Gasteiger partial charge in [0.2, 0.25) is 5.91 Å². The van der Waals surface area contributed by atoms with E-state index in [4.69, 9.17) is 4.98 Å². The van der Waals surface area contributed by atoms with Crippen LogP contribution in [0.25, 0.3) is 22.2 Å². The van der Waals surface area contributed by atoms with Crippen molar-refractivity contribution in [2.75, 3.05) is 45.8 Å². The zero-order valence-corrected chi connectivity index (χ0v) is 19.8. The molecule has 6 heteroatoms. The van der Waals surface area contributed by atoms with Crippen LogP contribution in [0.2, 0.25) is 0 Å². The van der Waals surface area contributed by atoms with E-state index in [2.05, 4.69) is 24.0 Å². The van der Waals surface area contributed by atoms with Gasteiger partial charge in [-0.2, -0.15) is 0 Å². The number of rotatable bonds is 6. The molecule has 0 aliphatic carbocycles. The number of aromatic nitrogens is 1. The summed E-state index contributed by atoms with van der Waals surface area (Å²) in [6, 6.07) is 18.0. The number of benzene rings is 2. The Hall–Kier alpha value is -3.25. The molecule has 0 N–H and O–H groups in total. The molecule has 33 heavy (non-hydrogen) atoms. The number of fused-ring (bicyclic) bond motifs is 1. The Kier molecular flexibility index (Phi) is 7.04. The highest BCUT2D eigenvalue weighted by molar-refractivity contribution is 6.07. The summed E-state index contributed by atoms with van der Waals surface area (Å²) in [6.45, 7) is 10.6. The number of amides is 2. The normalized spacial score (nSPS) is 14.5. The molecule has 1 saturated heterocycles. The quantitative estimate of drug-likeness (QED) is 0.580. The third kappa shape index (κ3) is 5.06. The average Bonchev–Trinajstić information content (AvgIpc) is 2.84. The van der Waals surface area contributed by atoms with Crippen LogP contribution in [0, 0.1) is 6.92 Å². The lowest BCUT2D eigenvalue weighted by Crippen LogP contribution is -2.51. The number of hydrogen-bond acceptors (Lipinski definition) is 4. The highest BCUT2D eigenvalue weighted by atomic mass is 16.2. The molecule has 2 heterocycles. The van der Waals surface area contributed by atoms with Gasteiger partial charge >= 0.3 is 0 Å². The summed E-state index contributed by atoms with van der Waals surface area (Å²) < 4.78 is 0. The smallest absolute Gasteiger partial charge is 0.254 e. The van der Waals surface area contributed by atoms with Crippen LogP contribution in [-0.2, 0) is 4.79 Å². The van der Waals surface area contributed by atoms with Gasteiger partial charge in [0.25, 0.3) is 5.91 Å². The predicted octanol–water partition coefficient (Wildman–Crippen LogP) is 3.84. The molecule has 6 nitrogen and oxygen atoms in total. The minimum absolute atomic E-state index is 0.0247.